The van der Waals surface area contributed by atoms with Crippen molar-refractivity contribution in [3.8, 4) is 0 Å². The predicted octanol–water partition coefficient (Wildman–Crippen LogP) is 1.77. The van der Waals surface area contributed by atoms with E-state index in [4.69, 9.17) is 0 Å². The Morgan fingerprint density at radius 3 is 2.68 bits per heavy atom. The lowest BCUT2D eigenvalue weighted by Gasteiger charge is -2.27. The Bertz CT molecular complexity index is 615. The van der Waals surface area contributed by atoms with Crippen molar-refractivity contribution in [3.63, 3.8) is 0 Å². The number of nitrogens with zero attached hydrogens (tertiary/aromatic N) is 1. The van der Waals surface area contributed by atoms with Crippen LogP contribution in [0.15, 0.2) is 24.3 Å². The molecule has 1 aliphatic carbocycles. The van der Waals surface area contributed by atoms with E-state index in [2.05, 4.69) is 5.32 Å². The Balaban J connectivity index is 1.75. The summed E-state index contributed by atoms with van der Waals surface area (Å²) in [5, 5.41) is 2.62. The van der Waals surface area contributed by atoms with Crippen molar-refractivity contribution < 1.29 is 22.8 Å². The lowest BCUT2D eigenvalue weighted by atomic mass is 10.0. The molecule has 1 aromatic carbocycles. The third-order valence-corrected chi connectivity index (χ3v) is 4.12. The third-order valence-electron chi connectivity index (χ3n) is 4.12. The summed E-state index contributed by atoms with van der Waals surface area (Å²) in [5.41, 5.74) is -0.499. The Kier molecular flexibility index (Phi) is 3.58. The van der Waals surface area contributed by atoms with Crippen LogP contribution in [-0.2, 0) is 15.8 Å². The maximum atomic E-state index is 13.0. The van der Waals surface area contributed by atoms with Gasteiger partial charge in [-0.2, -0.15) is 13.2 Å². The van der Waals surface area contributed by atoms with E-state index in [1.54, 1.807) is 6.07 Å². The van der Waals surface area contributed by atoms with Gasteiger partial charge in [0.1, 0.15) is 0 Å². The lowest BCUT2D eigenvalue weighted by molar-refractivity contribution is -0.140. The molecule has 0 radical (unpaired) electrons. The molecule has 1 saturated heterocycles. The van der Waals surface area contributed by atoms with E-state index in [1.165, 1.54) is 17.0 Å². The monoisotopic (exact) mass is 312 g/mol. The van der Waals surface area contributed by atoms with E-state index >= 15 is 0 Å². The zero-order valence-corrected chi connectivity index (χ0v) is 11.7. The van der Waals surface area contributed by atoms with Crippen LogP contribution in [-0.4, -0.2) is 36.3 Å². The summed E-state index contributed by atoms with van der Waals surface area (Å²) in [6, 6.07) is 5.38. The van der Waals surface area contributed by atoms with E-state index in [0.717, 1.165) is 6.07 Å². The number of amides is 2. The van der Waals surface area contributed by atoms with Gasteiger partial charge in [0.2, 0.25) is 11.8 Å². The van der Waals surface area contributed by atoms with Crippen molar-refractivity contribution in [2.45, 2.75) is 18.5 Å². The number of carbonyl (C=O) groups excluding carboxylic acids is 2. The molecule has 22 heavy (non-hydrogen) atoms. The van der Waals surface area contributed by atoms with Gasteiger partial charge in [0.05, 0.1) is 12.1 Å². The summed E-state index contributed by atoms with van der Waals surface area (Å²) in [5.74, 6) is -1.31. The molecule has 2 atom stereocenters. The van der Waals surface area contributed by atoms with Crippen molar-refractivity contribution in [2.24, 2.45) is 5.92 Å². The summed E-state index contributed by atoms with van der Waals surface area (Å²) in [6.07, 6.45) is -4.01. The minimum Gasteiger partial charge on any atom is -0.353 e. The number of hydrogen-bond donors (Lipinski definition) is 1. The number of benzene rings is 1. The van der Waals surface area contributed by atoms with E-state index in [1.807, 2.05) is 0 Å². The van der Waals surface area contributed by atoms with Gasteiger partial charge in [-0.3, -0.25) is 9.59 Å². The van der Waals surface area contributed by atoms with Gasteiger partial charge in [-0.25, -0.2) is 0 Å². The van der Waals surface area contributed by atoms with Crippen LogP contribution >= 0.6 is 0 Å². The number of piperazine rings is 1. The van der Waals surface area contributed by atoms with Crippen LogP contribution < -0.4 is 5.32 Å². The summed E-state index contributed by atoms with van der Waals surface area (Å²) in [4.78, 5) is 25.0. The van der Waals surface area contributed by atoms with E-state index in [-0.39, 0.29) is 23.9 Å². The van der Waals surface area contributed by atoms with E-state index in [0.29, 0.717) is 19.5 Å². The fourth-order valence-electron chi connectivity index (χ4n) is 2.95. The topological polar surface area (TPSA) is 49.4 Å². The number of nitrogens with one attached hydrogen (secondary N) is 1. The molecule has 1 aromatic rings. The predicted molar refractivity (Wildman–Crippen MR) is 71.9 cm³/mol. The second-order valence-corrected chi connectivity index (χ2v) is 5.64. The zero-order valence-electron chi connectivity index (χ0n) is 11.7. The molecular formula is C15H15F3N2O2. The molecule has 7 heteroatoms. The normalized spacial score (nSPS) is 24.9. The quantitative estimate of drug-likeness (QED) is 0.905. The van der Waals surface area contributed by atoms with Gasteiger partial charge in [-0.05, 0) is 24.0 Å². The van der Waals surface area contributed by atoms with Gasteiger partial charge in [0.25, 0.3) is 0 Å². The summed E-state index contributed by atoms with van der Waals surface area (Å²) in [6.45, 7) is 0.790. The van der Waals surface area contributed by atoms with Crippen LogP contribution in [0, 0.1) is 5.92 Å². The average molecular weight is 312 g/mol. The van der Waals surface area contributed by atoms with Crippen LogP contribution in [0.5, 0.6) is 0 Å². The lowest BCUT2D eigenvalue weighted by Crippen LogP contribution is -2.50. The highest BCUT2D eigenvalue weighted by molar-refractivity contribution is 5.89. The first-order chi connectivity index (χ1) is 10.4. The van der Waals surface area contributed by atoms with E-state index in [9.17, 15) is 22.8 Å². The molecule has 4 nitrogen and oxygen atoms in total. The molecular weight excluding hydrogens is 297 g/mol. The number of halogens is 3. The number of alkyl halides is 3. The van der Waals surface area contributed by atoms with Crippen molar-refractivity contribution >= 4 is 11.8 Å². The van der Waals surface area contributed by atoms with Crippen molar-refractivity contribution in [1.29, 1.82) is 0 Å². The summed E-state index contributed by atoms with van der Waals surface area (Å²) in [7, 11) is 0. The van der Waals surface area contributed by atoms with Gasteiger partial charge in [-0.15, -0.1) is 0 Å². The van der Waals surface area contributed by atoms with Gasteiger partial charge >= 0.3 is 6.18 Å². The summed E-state index contributed by atoms with van der Waals surface area (Å²) < 4.78 is 39.1. The second kappa shape index (κ2) is 5.30. The molecule has 0 aromatic heterocycles. The molecule has 0 bridgehead atoms. The first-order valence-corrected chi connectivity index (χ1v) is 7.09. The number of carbonyl (C=O) groups is 2. The SMILES string of the molecule is O=C1CN(C(=O)[C@@H]2C[C@H]2c2ccccc2C(F)(F)F)CCN1. The number of rotatable bonds is 2. The van der Waals surface area contributed by atoms with Crippen LogP contribution in [0.3, 0.4) is 0 Å². The van der Waals surface area contributed by atoms with Gasteiger partial charge in [-0.1, -0.05) is 18.2 Å². The molecule has 2 aliphatic rings. The first-order valence-electron chi connectivity index (χ1n) is 7.09. The fourth-order valence-corrected chi connectivity index (χ4v) is 2.95. The highest BCUT2D eigenvalue weighted by atomic mass is 19.4. The minimum atomic E-state index is -4.42. The largest absolute Gasteiger partial charge is 0.416 e. The molecule has 0 unspecified atom stereocenters. The molecule has 2 amide bonds. The van der Waals surface area contributed by atoms with Crippen molar-refractivity contribution in [1.82, 2.24) is 10.2 Å². The minimum absolute atomic E-state index is 0.0109. The highest BCUT2D eigenvalue weighted by Crippen LogP contribution is 2.51. The molecule has 1 aliphatic heterocycles. The van der Waals surface area contributed by atoms with Crippen molar-refractivity contribution in [2.75, 3.05) is 19.6 Å². The highest BCUT2D eigenvalue weighted by Gasteiger charge is 2.49. The second-order valence-electron chi connectivity index (χ2n) is 5.64. The fraction of sp³-hybridized carbons (Fsp3) is 0.467. The van der Waals surface area contributed by atoms with Gasteiger partial charge in [0.15, 0.2) is 0 Å². The van der Waals surface area contributed by atoms with Gasteiger partial charge < -0.3 is 10.2 Å². The maximum absolute atomic E-state index is 13.0. The Labute approximate surface area is 125 Å². The smallest absolute Gasteiger partial charge is 0.353 e. The standard InChI is InChI=1S/C15H15F3N2O2/c16-15(17,18)12-4-2-1-3-9(12)10-7-11(10)14(22)20-6-5-19-13(21)8-20/h1-4,10-11H,5-8H2,(H,19,21)/t10-,11+/m0/s1. The molecule has 0 spiro atoms. The van der Waals surface area contributed by atoms with Crippen LogP contribution in [0.2, 0.25) is 0 Å². The Morgan fingerprint density at radius 1 is 1.27 bits per heavy atom. The molecule has 2 fully saturated rings. The Hall–Kier alpha value is -2.05. The molecule has 1 N–H and O–H groups in total. The average Bonchev–Trinajstić information content (AvgIpc) is 3.26. The Morgan fingerprint density at radius 2 is 2.00 bits per heavy atom. The molecule has 118 valence electrons. The molecule has 3 rings (SSSR count). The summed E-state index contributed by atoms with van der Waals surface area (Å²) >= 11 is 0. The van der Waals surface area contributed by atoms with Gasteiger partial charge in [0, 0.05) is 19.0 Å². The third kappa shape index (κ3) is 2.80. The van der Waals surface area contributed by atoms with Crippen LogP contribution in [0.25, 0.3) is 0 Å². The zero-order chi connectivity index (χ0) is 15.9. The molecule has 1 heterocycles. The van der Waals surface area contributed by atoms with Crippen LogP contribution in [0.1, 0.15) is 23.5 Å². The van der Waals surface area contributed by atoms with E-state index < -0.39 is 23.6 Å². The number of hydrogen-bond acceptors (Lipinski definition) is 2. The van der Waals surface area contributed by atoms with Crippen molar-refractivity contribution in [3.05, 3.63) is 35.4 Å². The molecule has 1 saturated carbocycles. The van der Waals surface area contributed by atoms with Crippen LogP contribution in [0.4, 0.5) is 13.2 Å². The maximum Gasteiger partial charge on any atom is 0.416 e. The first kappa shape index (κ1) is 14.9.